The van der Waals surface area contributed by atoms with Crippen LogP contribution >= 0.6 is 0 Å². The van der Waals surface area contributed by atoms with E-state index >= 15 is 0 Å². The molecule has 1 saturated heterocycles. The zero-order chi connectivity index (χ0) is 13.2. The molecule has 0 saturated carbocycles. The third-order valence-corrected chi connectivity index (χ3v) is 3.28. The maximum Gasteiger partial charge on any atom is 0.269 e. The van der Waals surface area contributed by atoms with Crippen molar-refractivity contribution in [2.75, 3.05) is 13.1 Å². The highest BCUT2D eigenvalue weighted by Crippen LogP contribution is 2.27. The van der Waals surface area contributed by atoms with Crippen molar-refractivity contribution in [2.45, 2.75) is 31.9 Å². The van der Waals surface area contributed by atoms with E-state index in [2.05, 4.69) is 11.8 Å². The fourth-order valence-corrected chi connectivity index (χ4v) is 2.55. The van der Waals surface area contributed by atoms with Crippen LogP contribution in [0, 0.1) is 10.1 Å². The Morgan fingerprint density at radius 3 is 2.83 bits per heavy atom. The summed E-state index contributed by atoms with van der Waals surface area (Å²) in [6, 6.07) is 6.67. The van der Waals surface area contributed by atoms with Crippen molar-refractivity contribution in [1.82, 2.24) is 4.90 Å². The van der Waals surface area contributed by atoms with Gasteiger partial charge in [0, 0.05) is 31.8 Å². The molecule has 1 aromatic rings. The summed E-state index contributed by atoms with van der Waals surface area (Å²) in [4.78, 5) is 12.4. The molecule has 0 bridgehead atoms. The Labute approximate surface area is 106 Å². The van der Waals surface area contributed by atoms with Crippen LogP contribution in [0.3, 0.4) is 0 Å². The molecule has 18 heavy (non-hydrogen) atoms. The second kappa shape index (κ2) is 5.04. The van der Waals surface area contributed by atoms with Gasteiger partial charge in [0.1, 0.15) is 0 Å². The maximum absolute atomic E-state index is 10.7. The van der Waals surface area contributed by atoms with Crippen molar-refractivity contribution in [2.24, 2.45) is 0 Å². The fourth-order valence-electron chi connectivity index (χ4n) is 2.55. The lowest BCUT2D eigenvalue weighted by molar-refractivity contribution is -0.384. The third kappa shape index (κ3) is 2.86. The van der Waals surface area contributed by atoms with Gasteiger partial charge in [0.2, 0.25) is 0 Å². The van der Waals surface area contributed by atoms with Crippen LogP contribution in [0.1, 0.15) is 25.3 Å². The zero-order valence-electron chi connectivity index (χ0n) is 10.5. The van der Waals surface area contributed by atoms with Crippen molar-refractivity contribution in [3.05, 3.63) is 39.9 Å². The van der Waals surface area contributed by atoms with Crippen molar-refractivity contribution in [1.29, 1.82) is 0 Å². The Hall–Kier alpha value is -1.46. The van der Waals surface area contributed by atoms with Crippen LogP contribution in [0.4, 0.5) is 5.69 Å². The molecule has 0 amide bonds. The molecule has 0 radical (unpaired) electrons. The van der Waals surface area contributed by atoms with Crippen LogP contribution in [0.5, 0.6) is 0 Å². The van der Waals surface area contributed by atoms with Gasteiger partial charge in [-0.25, -0.2) is 0 Å². The van der Waals surface area contributed by atoms with E-state index in [1.807, 2.05) is 6.07 Å². The molecule has 1 aliphatic heterocycles. The normalized spacial score (nSPS) is 18.3. The van der Waals surface area contributed by atoms with Gasteiger partial charge in [-0.15, -0.1) is 0 Å². The van der Waals surface area contributed by atoms with Gasteiger partial charge < -0.3 is 5.11 Å². The zero-order valence-corrected chi connectivity index (χ0v) is 10.5. The second-order valence-electron chi connectivity index (χ2n) is 5.05. The number of hydrogen-bond donors (Lipinski definition) is 1. The van der Waals surface area contributed by atoms with Crippen molar-refractivity contribution >= 4 is 5.69 Å². The van der Waals surface area contributed by atoms with Gasteiger partial charge in [0.05, 0.1) is 10.5 Å². The number of non-ortho nitro benzene ring substituents is 1. The lowest BCUT2D eigenvalue weighted by atomic mass is 9.89. The topological polar surface area (TPSA) is 66.6 Å². The van der Waals surface area contributed by atoms with Crippen molar-refractivity contribution in [3.63, 3.8) is 0 Å². The van der Waals surface area contributed by atoms with E-state index in [0.717, 1.165) is 18.4 Å². The molecule has 5 heteroatoms. The number of hydrogen-bond acceptors (Lipinski definition) is 4. The molecule has 1 heterocycles. The molecule has 1 fully saturated rings. The fraction of sp³-hybridized carbons (Fsp3) is 0.538. The maximum atomic E-state index is 10.7. The smallest absolute Gasteiger partial charge is 0.269 e. The van der Waals surface area contributed by atoms with Gasteiger partial charge in [0.15, 0.2) is 0 Å². The number of nitrogens with zero attached hydrogens (tertiary/aromatic N) is 2. The van der Waals surface area contributed by atoms with Crippen molar-refractivity contribution in [3.8, 4) is 0 Å². The molecule has 0 aliphatic carbocycles. The van der Waals surface area contributed by atoms with Gasteiger partial charge in [0.25, 0.3) is 5.69 Å². The highest BCUT2D eigenvalue weighted by molar-refractivity contribution is 5.34. The third-order valence-electron chi connectivity index (χ3n) is 3.28. The first-order valence-corrected chi connectivity index (χ1v) is 6.20. The Kier molecular flexibility index (Phi) is 3.63. The van der Waals surface area contributed by atoms with Gasteiger partial charge in [-0.2, -0.15) is 0 Å². The number of nitro benzene ring substituents is 1. The SMILES string of the molecule is CCCC1(O)CN(Cc2cccc([N+](=O)[O-])c2)C1. The lowest BCUT2D eigenvalue weighted by Crippen LogP contribution is -2.60. The van der Waals surface area contributed by atoms with Crippen molar-refractivity contribution < 1.29 is 10.0 Å². The minimum Gasteiger partial charge on any atom is -0.387 e. The van der Waals surface area contributed by atoms with Gasteiger partial charge in [-0.3, -0.25) is 15.0 Å². The number of rotatable bonds is 5. The molecule has 0 spiro atoms. The van der Waals surface area contributed by atoms with E-state index in [1.54, 1.807) is 12.1 Å². The highest BCUT2D eigenvalue weighted by atomic mass is 16.6. The molecule has 1 N–H and O–H groups in total. The largest absolute Gasteiger partial charge is 0.387 e. The molecule has 1 aromatic carbocycles. The van der Waals surface area contributed by atoms with Gasteiger partial charge in [-0.05, 0) is 12.0 Å². The summed E-state index contributed by atoms with van der Waals surface area (Å²) in [6.45, 7) is 4.03. The monoisotopic (exact) mass is 250 g/mol. The first-order valence-electron chi connectivity index (χ1n) is 6.20. The molecule has 98 valence electrons. The first-order chi connectivity index (χ1) is 8.52. The number of aliphatic hydroxyl groups is 1. The van der Waals surface area contributed by atoms with Crippen LogP contribution in [-0.4, -0.2) is 33.6 Å². The Morgan fingerprint density at radius 1 is 1.50 bits per heavy atom. The molecule has 2 rings (SSSR count). The predicted molar refractivity (Wildman–Crippen MR) is 68.2 cm³/mol. The average Bonchev–Trinajstić information content (AvgIpc) is 2.27. The number of likely N-dealkylation sites (tertiary alicyclic amines) is 1. The Balaban J connectivity index is 1.92. The minimum absolute atomic E-state index is 0.122. The number of nitro groups is 1. The highest BCUT2D eigenvalue weighted by Gasteiger charge is 2.39. The second-order valence-corrected chi connectivity index (χ2v) is 5.05. The standard InChI is InChI=1S/C13H18N2O3/c1-2-6-13(16)9-14(10-13)8-11-4-3-5-12(7-11)15(17)18/h3-5,7,16H,2,6,8-10H2,1H3. The molecular weight excluding hydrogens is 232 g/mol. The summed E-state index contributed by atoms with van der Waals surface area (Å²) in [5.41, 5.74) is 0.495. The van der Waals surface area contributed by atoms with E-state index < -0.39 is 5.60 Å². The van der Waals surface area contributed by atoms with Crippen LogP contribution in [0.25, 0.3) is 0 Å². The van der Waals surface area contributed by atoms with E-state index in [1.165, 1.54) is 6.07 Å². The molecule has 1 aliphatic rings. The average molecular weight is 250 g/mol. The molecule has 0 atom stereocenters. The summed E-state index contributed by atoms with van der Waals surface area (Å²) in [5, 5.41) is 20.7. The Morgan fingerprint density at radius 2 is 2.22 bits per heavy atom. The predicted octanol–water partition coefficient (Wildman–Crippen LogP) is 1.94. The first kappa shape index (κ1) is 13.0. The lowest BCUT2D eigenvalue weighted by Gasteiger charge is -2.46. The van der Waals surface area contributed by atoms with Crippen LogP contribution < -0.4 is 0 Å². The number of β-amino-alcohol motifs (C(OH)–C–C–N with tert-alkyl or cyclic N) is 1. The van der Waals surface area contributed by atoms with E-state index in [-0.39, 0.29) is 10.6 Å². The van der Waals surface area contributed by atoms with Crippen LogP contribution in [-0.2, 0) is 6.54 Å². The molecule has 5 nitrogen and oxygen atoms in total. The summed E-state index contributed by atoms with van der Waals surface area (Å²) in [7, 11) is 0. The Bertz CT molecular complexity index is 442. The molecule has 0 aromatic heterocycles. The van der Waals surface area contributed by atoms with E-state index in [4.69, 9.17) is 0 Å². The summed E-state index contributed by atoms with van der Waals surface area (Å²) in [5.74, 6) is 0. The van der Waals surface area contributed by atoms with Gasteiger partial charge in [-0.1, -0.05) is 25.5 Å². The van der Waals surface area contributed by atoms with Gasteiger partial charge >= 0.3 is 0 Å². The molecular formula is C13H18N2O3. The summed E-state index contributed by atoms with van der Waals surface area (Å²) in [6.07, 6.45) is 1.79. The number of benzene rings is 1. The van der Waals surface area contributed by atoms with Crippen LogP contribution in [0.2, 0.25) is 0 Å². The van der Waals surface area contributed by atoms with Crippen LogP contribution in [0.15, 0.2) is 24.3 Å². The molecule has 0 unspecified atom stereocenters. The summed E-state index contributed by atoms with van der Waals surface area (Å²) >= 11 is 0. The minimum atomic E-state index is -0.546. The van der Waals surface area contributed by atoms with E-state index in [0.29, 0.717) is 19.6 Å². The summed E-state index contributed by atoms with van der Waals surface area (Å²) < 4.78 is 0. The van der Waals surface area contributed by atoms with E-state index in [9.17, 15) is 15.2 Å². The quantitative estimate of drug-likeness (QED) is 0.640.